The van der Waals surface area contributed by atoms with Gasteiger partial charge in [-0.2, -0.15) is 0 Å². The van der Waals surface area contributed by atoms with Crippen LogP contribution in [0.1, 0.15) is 5.56 Å². The molecule has 86 valence electrons. The van der Waals surface area contributed by atoms with E-state index in [1.807, 2.05) is 23.1 Å². The smallest absolute Gasteiger partial charge is 0.234 e. The number of benzene rings is 1. The van der Waals surface area contributed by atoms with Gasteiger partial charge in [0, 0.05) is 35.2 Å². The monoisotopic (exact) mass is 258 g/mol. The van der Waals surface area contributed by atoms with E-state index in [1.165, 1.54) is 0 Å². The highest BCUT2D eigenvalue weighted by atomic mass is 35.5. The first-order valence-corrected chi connectivity index (χ1v) is 5.84. The third-order valence-electron chi connectivity index (χ3n) is 2.56. The van der Waals surface area contributed by atoms with Gasteiger partial charge in [0.1, 0.15) is 0 Å². The zero-order valence-electron chi connectivity index (χ0n) is 8.67. The summed E-state index contributed by atoms with van der Waals surface area (Å²) in [5.74, 6) is 0.0504. The number of piperazine rings is 1. The SMILES string of the molecule is O=C1CN(Cc2c(Cl)cccc2Cl)CCN1. The number of hydrogen-bond donors (Lipinski definition) is 1. The maximum Gasteiger partial charge on any atom is 0.234 e. The maximum atomic E-state index is 11.2. The molecule has 0 radical (unpaired) electrons. The van der Waals surface area contributed by atoms with Crippen LogP contribution in [0, 0.1) is 0 Å². The Morgan fingerprint density at radius 1 is 1.31 bits per heavy atom. The number of nitrogens with zero attached hydrogens (tertiary/aromatic N) is 1. The number of halogens is 2. The molecule has 1 fully saturated rings. The van der Waals surface area contributed by atoms with E-state index in [4.69, 9.17) is 23.2 Å². The van der Waals surface area contributed by atoms with E-state index in [1.54, 1.807) is 0 Å². The summed E-state index contributed by atoms with van der Waals surface area (Å²) in [6, 6.07) is 5.44. The summed E-state index contributed by atoms with van der Waals surface area (Å²) in [6.07, 6.45) is 0. The van der Waals surface area contributed by atoms with Crippen molar-refractivity contribution in [3.05, 3.63) is 33.8 Å². The van der Waals surface area contributed by atoms with Crippen molar-refractivity contribution in [3.8, 4) is 0 Å². The van der Waals surface area contributed by atoms with E-state index in [-0.39, 0.29) is 5.91 Å². The molecule has 0 aromatic heterocycles. The Morgan fingerprint density at radius 2 is 2.00 bits per heavy atom. The Hall–Kier alpha value is -0.770. The van der Waals surface area contributed by atoms with Gasteiger partial charge in [0.25, 0.3) is 0 Å². The lowest BCUT2D eigenvalue weighted by atomic mass is 10.2. The van der Waals surface area contributed by atoms with Gasteiger partial charge in [-0.1, -0.05) is 29.3 Å². The number of amides is 1. The third kappa shape index (κ3) is 2.67. The summed E-state index contributed by atoms with van der Waals surface area (Å²) >= 11 is 12.1. The number of nitrogens with one attached hydrogen (secondary N) is 1. The molecule has 0 spiro atoms. The summed E-state index contributed by atoms with van der Waals surface area (Å²) < 4.78 is 0. The van der Waals surface area contributed by atoms with Crippen LogP contribution in [0.4, 0.5) is 0 Å². The number of hydrogen-bond acceptors (Lipinski definition) is 2. The average molecular weight is 259 g/mol. The molecular weight excluding hydrogens is 247 g/mol. The van der Waals surface area contributed by atoms with E-state index in [0.717, 1.165) is 12.1 Å². The van der Waals surface area contributed by atoms with Gasteiger partial charge in [-0.05, 0) is 12.1 Å². The van der Waals surface area contributed by atoms with Gasteiger partial charge in [-0.25, -0.2) is 0 Å². The van der Waals surface area contributed by atoms with E-state index >= 15 is 0 Å². The van der Waals surface area contributed by atoms with Gasteiger partial charge in [-0.15, -0.1) is 0 Å². The lowest BCUT2D eigenvalue weighted by Crippen LogP contribution is -2.47. The molecule has 0 bridgehead atoms. The Bertz CT molecular complexity index is 389. The first-order valence-electron chi connectivity index (χ1n) is 5.09. The van der Waals surface area contributed by atoms with Crippen LogP contribution in [0.15, 0.2) is 18.2 Å². The molecule has 5 heteroatoms. The molecule has 16 heavy (non-hydrogen) atoms. The van der Waals surface area contributed by atoms with Crippen LogP contribution in [-0.2, 0) is 11.3 Å². The van der Waals surface area contributed by atoms with E-state index in [0.29, 0.717) is 29.7 Å². The Kier molecular flexibility index (Phi) is 3.69. The molecule has 1 aliphatic heterocycles. The van der Waals surface area contributed by atoms with Crippen LogP contribution in [0.3, 0.4) is 0 Å². The standard InChI is InChI=1S/C11H12Cl2N2O/c12-9-2-1-3-10(13)8(9)6-15-5-4-14-11(16)7-15/h1-3H,4-7H2,(H,14,16). The fraction of sp³-hybridized carbons (Fsp3) is 0.364. The normalized spacial score (nSPS) is 17.2. The van der Waals surface area contributed by atoms with Crippen molar-refractivity contribution in [1.82, 2.24) is 10.2 Å². The largest absolute Gasteiger partial charge is 0.354 e. The molecule has 1 aliphatic rings. The van der Waals surface area contributed by atoms with Crippen molar-refractivity contribution < 1.29 is 4.79 Å². The Labute approximate surface area is 104 Å². The fourth-order valence-electron chi connectivity index (χ4n) is 1.73. The summed E-state index contributed by atoms with van der Waals surface area (Å²) in [4.78, 5) is 13.2. The predicted octanol–water partition coefficient (Wildman–Crippen LogP) is 1.93. The second-order valence-corrected chi connectivity index (χ2v) is 4.58. The first kappa shape index (κ1) is 11.7. The maximum absolute atomic E-state index is 11.2. The summed E-state index contributed by atoms with van der Waals surface area (Å²) in [7, 11) is 0. The second-order valence-electron chi connectivity index (χ2n) is 3.76. The zero-order valence-corrected chi connectivity index (χ0v) is 10.2. The summed E-state index contributed by atoms with van der Waals surface area (Å²) in [5.41, 5.74) is 0.889. The van der Waals surface area contributed by atoms with Crippen molar-refractivity contribution in [2.75, 3.05) is 19.6 Å². The highest BCUT2D eigenvalue weighted by molar-refractivity contribution is 6.35. The lowest BCUT2D eigenvalue weighted by Gasteiger charge is -2.27. The molecular formula is C11H12Cl2N2O. The van der Waals surface area contributed by atoms with Crippen molar-refractivity contribution in [2.45, 2.75) is 6.54 Å². The van der Waals surface area contributed by atoms with Crippen molar-refractivity contribution in [1.29, 1.82) is 0 Å². The molecule has 1 aromatic carbocycles. The summed E-state index contributed by atoms with van der Waals surface area (Å²) in [6.45, 7) is 2.53. The average Bonchev–Trinajstić information content (AvgIpc) is 2.24. The molecule has 0 saturated carbocycles. The Balaban J connectivity index is 2.11. The van der Waals surface area contributed by atoms with Crippen LogP contribution >= 0.6 is 23.2 Å². The van der Waals surface area contributed by atoms with Gasteiger partial charge < -0.3 is 5.32 Å². The number of carbonyl (C=O) groups excluding carboxylic acids is 1. The Morgan fingerprint density at radius 3 is 2.62 bits per heavy atom. The highest BCUT2D eigenvalue weighted by Gasteiger charge is 2.18. The van der Waals surface area contributed by atoms with Crippen molar-refractivity contribution in [2.24, 2.45) is 0 Å². The molecule has 0 aliphatic carbocycles. The second kappa shape index (κ2) is 5.04. The van der Waals surface area contributed by atoms with Crippen molar-refractivity contribution >= 4 is 29.1 Å². The predicted molar refractivity (Wildman–Crippen MR) is 64.7 cm³/mol. The van der Waals surface area contributed by atoms with Crippen LogP contribution in [0.25, 0.3) is 0 Å². The molecule has 1 saturated heterocycles. The minimum absolute atomic E-state index is 0.0504. The molecule has 0 atom stereocenters. The summed E-state index contributed by atoms with van der Waals surface area (Å²) in [5, 5.41) is 4.08. The number of rotatable bonds is 2. The van der Waals surface area contributed by atoms with Gasteiger partial charge in [0.2, 0.25) is 5.91 Å². The van der Waals surface area contributed by atoms with E-state index in [9.17, 15) is 4.79 Å². The van der Waals surface area contributed by atoms with Crippen molar-refractivity contribution in [3.63, 3.8) is 0 Å². The van der Waals surface area contributed by atoms with Gasteiger partial charge in [-0.3, -0.25) is 9.69 Å². The molecule has 1 amide bonds. The quantitative estimate of drug-likeness (QED) is 0.880. The van der Waals surface area contributed by atoms with Gasteiger partial charge in [0.15, 0.2) is 0 Å². The minimum atomic E-state index is 0.0504. The lowest BCUT2D eigenvalue weighted by molar-refractivity contribution is -0.124. The topological polar surface area (TPSA) is 32.3 Å². The fourth-order valence-corrected chi connectivity index (χ4v) is 2.25. The van der Waals surface area contributed by atoms with Gasteiger partial charge >= 0.3 is 0 Å². The zero-order chi connectivity index (χ0) is 11.5. The number of carbonyl (C=O) groups is 1. The van der Waals surface area contributed by atoms with Crippen LogP contribution in [0.2, 0.25) is 10.0 Å². The molecule has 1 N–H and O–H groups in total. The molecule has 1 heterocycles. The molecule has 2 rings (SSSR count). The molecule has 1 aromatic rings. The third-order valence-corrected chi connectivity index (χ3v) is 3.27. The molecule has 3 nitrogen and oxygen atoms in total. The van der Waals surface area contributed by atoms with E-state index < -0.39 is 0 Å². The van der Waals surface area contributed by atoms with Crippen LogP contribution in [-0.4, -0.2) is 30.4 Å². The highest BCUT2D eigenvalue weighted by Crippen LogP contribution is 2.25. The van der Waals surface area contributed by atoms with E-state index in [2.05, 4.69) is 5.32 Å². The van der Waals surface area contributed by atoms with Crippen LogP contribution in [0.5, 0.6) is 0 Å². The minimum Gasteiger partial charge on any atom is -0.354 e. The molecule has 0 unspecified atom stereocenters. The first-order chi connectivity index (χ1) is 7.66. The van der Waals surface area contributed by atoms with Gasteiger partial charge in [0.05, 0.1) is 6.54 Å². The van der Waals surface area contributed by atoms with Crippen LogP contribution < -0.4 is 5.32 Å².